The lowest BCUT2D eigenvalue weighted by Gasteiger charge is -2.03. The first-order valence-corrected chi connectivity index (χ1v) is 7.36. The van der Waals surface area contributed by atoms with Crippen molar-refractivity contribution in [3.63, 3.8) is 0 Å². The molecule has 2 aromatic carbocycles. The monoisotopic (exact) mass is 312 g/mol. The van der Waals surface area contributed by atoms with E-state index in [-0.39, 0.29) is 5.91 Å². The van der Waals surface area contributed by atoms with Crippen molar-refractivity contribution in [2.24, 2.45) is 0 Å². The van der Waals surface area contributed by atoms with Gasteiger partial charge < -0.3 is 5.32 Å². The normalized spacial score (nSPS) is 10.3. The number of carbonyl (C=O) groups is 1. The quantitative estimate of drug-likeness (QED) is 0.747. The highest BCUT2D eigenvalue weighted by Gasteiger charge is 2.12. The smallest absolute Gasteiger partial charge is 0.265 e. The number of carbonyl (C=O) groups excluding carboxylic acids is 1. The zero-order valence-corrected chi connectivity index (χ0v) is 12.3. The van der Waals surface area contributed by atoms with Crippen molar-refractivity contribution in [1.82, 2.24) is 0 Å². The predicted octanol–water partition coefficient (Wildman–Crippen LogP) is 4.68. The highest BCUT2D eigenvalue weighted by molar-refractivity contribution is 7.21. The third kappa shape index (κ3) is 2.75. The topological polar surface area (TPSA) is 52.9 Å². The molecule has 0 aliphatic heterocycles. The molecule has 21 heavy (non-hydrogen) atoms. The second-order valence-corrected chi connectivity index (χ2v) is 5.90. The summed E-state index contributed by atoms with van der Waals surface area (Å²) < 4.78 is 0.971. The van der Waals surface area contributed by atoms with E-state index < -0.39 is 0 Å². The van der Waals surface area contributed by atoms with Crippen molar-refractivity contribution in [2.45, 2.75) is 0 Å². The minimum atomic E-state index is -0.206. The summed E-state index contributed by atoms with van der Waals surface area (Å²) in [5, 5.41) is 13.2. The van der Waals surface area contributed by atoms with Gasteiger partial charge in [-0.2, -0.15) is 5.26 Å². The van der Waals surface area contributed by atoms with Gasteiger partial charge in [0.15, 0.2) is 0 Å². The third-order valence-electron chi connectivity index (χ3n) is 2.98. The molecule has 102 valence electrons. The molecule has 0 saturated heterocycles. The van der Waals surface area contributed by atoms with Crippen LogP contribution in [0.1, 0.15) is 15.2 Å². The van der Waals surface area contributed by atoms with Crippen LogP contribution in [0.3, 0.4) is 0 Å². The molecule has 0 spiro atoms. The SMILES string of the molecule is N#Cc1cccc(NC(=O)c2cc3c(Cl)cccc3s2)c1. The number of fused-ring (bicyclic) bond motifs is 1. The average Bonchev–Trinajstić information content (AvgIpc) is 2.93. The number of rotatable bonds is 2. The lowest BCUT2D eigenvalue weighted by Crippen LogP contribution is -2.09. The van der Waals surface area contributed by atoms with E-state index >= 15 is 0 Å². The molecule has 3 rings (SSSR count). The van der Waals surface area contributed by atoms with Crippen LogP contribution in [-0.2, 0) is 0 Å². The summed E-state index contributed by atoms with van der Waals surface area (Å²) in [5.41, 5.74) is 1.11. The lowest BCUT2D eigenvalue weighted by molar-refractivity contribution is 0.103. The first kappa shape index (κ1) is 13.6. The van der Waals surface area contributed by atoms with Crippen LogP contribution in [0, 0.1) is 11.3 Å². The van der Waals surface area contributed by atoms with Gasteiger partial charge in [-0.15, -0.1) is 11.3 Å². The van der Waals surface area contributed by atoms with Gasteiger partial charge in [0.05, 0.1) is 16.5 Å². The van der Waals surface area contributed by atoms with Gasteiger partial charge in [0, 0.05) is 20.8 Å². The summed E-state index contributed by atoms with van der Waals surface area (Å²) in [7, 11) is 0. The van der Waals surface area contributed by atoms with E-state index in [1.165, 1.54) is 11.3 Å². The van der Waals surface area contributed by atoms with Crippen molar-refractivity contribution in [1.29, 1.82) is 5.26 Å². The van der Waals surface area contributed by atoms with Crippen LogP contribution in [0.4, 0.5) is 5.69 Å². The molecule has 0 aliphatic carbocycles. The minimum Gasteiger partial charge on any atom is -0.321 e. The van der Waals surface area contributed by atoms with Gasteiger partial charge in [-0.1, -0.05) is 23.7 Å². The van der Waals surface area contributed by atoms with E-state index in [0.717, 1.165) is 10.1 Å². The van der Waals surface area contributed by atoms with Gasteiger partial charge in [-0.3, -0.25) is 4.79 Å². The molecular formula is C16H9ClN2OS. The van der Waals surface area contributed by atoms with Gasteiger partial charge in [0.1, 0.15) is 0 Å². The number of nitrogens with one attached hydrogen (secondary N) is 1. The van der Waals surface area contributed by atoms with Crippen LogP contribution in [0.15, 0.2) is 48.5 Å². The largest absolute Gasteiger partial charge is 0.321 e. The lowest BCUT2D eigenvalue weighted by atomic mass is 10.2. The predicted molar refractivity (Wildman–Crippen MR) is 85.9 cm³/mol. The van der Waals surface area contributed by atoms with Crippen LogP contribution in [0.5, 0.6) is 0 Å². The Morgan fingerprint density at radius 2 is 2.00 bits per heavy atom. The third-order valence-corrected chi connectivity index (χ3v) is 4.41. The Hall–Kier alpha value is -2.35. The van der Waals surface area contributed by atoms with Crippen LogP contribution in [0.25, 0.3) is 10.1 Å². The molecule has 5 heteroatoms. The average molecular weight is 313 g/mol. The molecule has 3 nitrogen and oxygen atoms in total. The molecule has 0 unspecified atom stereocenters. The van der Waals surface area contributed by atoms with Crippen molar-refractivity contribution >= 4 is 44.6 Å². The molecule has 0 radical (unpaired) electrons. The molecule has 1 heterocycles. The number of hydrogen-bond acceptors (Lipinski definition) is 3. The Kier molecular flexibility index (Phi) is 3.61. The Labute approximate surface area is 130 Å². The fraction of sp³-hybridized carbons (Fsp3) is 0. The van der Waals surface area contributed by atoms with E-state index in [9.17, 15) is 4.79 Å². The molecule has 1 amide bonds. The molecule has 0 fully saturated rings. The summed E-state index contributed by atoms with van der Waals surface area (Å²) in [6.45, 7) is 0. The molecule has 0 aliphatic rings. The van der Waals surface area contributed by atoms with Crippen LogP contribution in [-0.4, -0.2) is 5.91 Å². The Balaban J connectivity index is 1.90. The number of halogens is 1. The highest BCUT2D eigenvalue weighted by atomic mass is 35.5. The second-order valence-electron chi connectivity index (χ2n) is 4.41. The molecular weight excluding hydrogens is 304 g/mol. The molecule has 1 aromatic heterocycles. The summed E-state index contributed by atoms with van der Waals surface area (Å²) in [5.74, 6) is -0.206. The molecule has 0 bridgehead atoms. The first-order valence-electron chi connectivity index (χ1n) is 6.17. The van der Waals surface area contributed by atoms with Crippen LogP contribution < -0.4 is 5.32 Å². The second kappa shape index (κ2) is 5.57. The molecule has 3 aromatic rings. The van der Waals surface area contributed by atoms with Crippen molar-refractivity contribution in [3.05, 3.63) is 64.0 Å². The molecule has 0 saturated carbocycles. The number of hydrogen-bond donors (Lipinski definition) is 1. The van der Waals surface area contributed by atoms with E-state index in [0.29, 0.717) is 21.2 Å². The van der Waals surface area contributed by atoms with Gasteiger partial charge in [0.2, 0.25) is 0 Å². The number of thiophene rings is 1. The zero-order chi connectivity index (χ0) is 14.8. The maximum Gasteiger partial charge on any atom is 0.265 e. The Bertz CT molecular complexity index is 879. The molecule has 1 N–H and O–H groups in total. The summed E-state index contributed by atoms with van der Waals surface area (Å²) in [6, 6.07) is 16.2. The van der Waals surface area contributed by atoms with Gasteiger partial charge in [-0.05, 0) is 36.4 Å². The fourth-order valence-electron chi connectivity index (χ4n) is 2.00. The van der Waals surface area contributed by atoms with Crippen molar-refractivity contribution in [2.75, 3.05) is 5.32 Å². The van der Waals surface area contributed by atoms with E-state index in [4.69, 9.17) is 16.9 Å². The van der Waals surface area contributed by atoms with Crippen LogP contribution >= 0.6 is 22.9 Å². The maximum absolute atomic E-state index is 12.3. The van der Waals surface area contributed by atoms with Crippen molar-refractivity contribution in [3.8, 4) is 6.07 Å². The number of amides is 1. The van der Waals surface area contributed by atoms with Gasteiger partial charge in [0.25, 0.3) is 5.91 Å². The number of benzene rings is 2. The Morgan fingerprint density at radius 3 is 2.76 bits per heavy atom. The summed E-state index contributed by atoms with van der Waals surface area (Å²) in [6.07, 6.45) is 0. The summed E-state index contributed by atoms with van der Waals surface area (Å²) in [4.78, 5) is 12.9. The number of nitrogens with zero attached hydrogens (tertiary/aromatic N) is 1. The number of anilines is 1. The standard InChI is InChI=1S/C16H9ClN2OS/c17-13-5-2-6-14-12(13)8-15(21-14)16(20)19-11-4-1-3-10(7-11)9-18/h1-8H,(H,19,20). The fourth-order valence-corrected chi connectivity index (χ4v) is 3.26. The van der Waals surface area contributed by atoms with Gasteiger partial charge >= 0.3 is 0 Å². The maximum atomic E-state index is 12.3. The van der Waals surface area contributed by atoms with Gasteiger partial charge in [-0.25, -0.2) is 0 Å². The minimum absolute atomic E-state index is 0.206. The van der Waals surface area contributed by atoms with Crippen molar-refractivity contribution < 1.29 is 4.79 Å². The highest BCUT2D eigenvalue weighted by Crippen LogP contribution is 2.31. The Morgan fingerprint density at radius 1 is 1.19 bits per heavy atom. The van der Waals surface area contributed by atoms with E-state index in [1.54, 1.807) is 36.4 Å². The van der Waals surface area contributed by atoms with E-state index in [1.807, 2.05) is 18.2 Å². The zero-order valence-electron chi connectivity index (χ0n) is 10.8. The molecule has 0 atom stereocenters. The van der Waals surface area contributed by atoms with E-state index in [2.05, 4.69) is 5.32 Å². The summed E-state index contributed by atoms with van der Waals surface area (Å²) >= 11 is 7.50. The van der Waals surface area contributed by atoms with Crippen LogP contribution in [0.2, 0.25) is 5.02 Å². The first-order chi connectivity index (χ1) is 10.2. The number of nitriles is 1.